The monoisotopic (exact) mass is 430 g/mol. The summed E-state index contributed by atoms with van der Waals surface area (Å²) in [5.41, 5.74) is 7.12. The molecule has 0 radical (unpaired) electrons. The van der Waals surface area contributed by atoms with Crippen molar-refractivity contribution in [3.8, 4) is 17.4 Å². The Morgan fingerprint density at radius 2 is 1.81 bits per heavy atom. The summed E-state index contributed by atoms with van der Waals surface area (Å²) in [4.78, 5) is 4.57. The maximum Gasteiger partial charge on any atom is 0.213 e. The van der Waals surface area contributed by atoms with Gasteiger partial charge in [0.25, 0.3) is 0 Å². The average molecular weight is 431 g/mol. The van der Waals surface area contributed by atoms with Crippen molar-refractivity contribution in [2.75, 3.05) is 33.9 Å². The molecule has 0 saturated heterocycles. The fourth-order valence-corrected chi connectivity index (χ4v) is 4.04. The van der Waals surface area contributed by atoms with Gasteiger partial charge in [-0.3, -0.25) is 0 Å². The highest BCUT2D eigenvalue weighted by atomic mass is 16.5. The van der Waals surface area contributed by atoms with Crippen LogP contribution in [-0.4, -0.2) is 38.9 Å². The van der Waals surface area contributed by atoms with Crippen LogP contribution >= 0.6 is 0 Å². The summed E-state index contributed by atoms with van der Waals surface area (Å²) in [5.74, 6) is 2.47. The lowest BCUT2D eigenvalue weighted by Gasteiger charge is -2.17. The predicted molar refractivity (Wildman–Crippen MR) is 129 cm³/mol. The molecule has 5 heteroatoms. The molecule has 0 fully saturated rings. The third-order valence-corrected chi connectivity index (χ3v) is 5.70. The number of aromatic nitrogens is 1. The summed E-state index contributed by atoms with van der Waals surface area (Å²) in [6.45, 7) is 4.32. The maximum absolute atomic E-state index is 5.72. The minimum Gasteiger partial charge on any atom is -0.497 e. The van der Waals surface area contributed by atoms with E-state index in [2.05, 4.69) is 53.6 Å². The third kappa shape index (κ3) is 4.78. The van der Waals surface area contributed by atoms with E-state index >= 15 is 0 Å². The number of hydrogen-bond acceptors (Lipinski definition) is 5. The minimum atomic E-state index is 0.585. The molecule has 1 aromatic heterocycles. The Bertz CT molecular complexity index is 1070. The van der Waals surface area contributed by atoms with Crippen LogP contribution in [0.2, 0.25) is 0 Å². The van der Waals surface area contributed by atoms with Crippen LogP contribution in [0.5, 0.6) is 17.4 Å². The van der Waals surface area contributed by atoms with Gasteiger partial charge in [0.05, 0.1) is 13.7 Å². The average Bonchev–Trinajstić information content (AvgIpc) is 3.31. The SMILES string of the molecule is CC/C(=C(\c1ccc(OC)cc1)c1ccc(OCCNC)nc1)c1ccc2c(c1)CCO2. The molecule has 0 aliphatic carbocycles. The molecule has 3 aromatic rings. The van der Waals surface area contributed by atoms with Crippen molar-refractivity contribution in [2.45, 2.75) is 19.8 Å². The lowest BCUT2D eigenvalue weighted by atomic mass is 9.88. The van der Waals surface area contributed by atoms with E-state index in [0.717, 1.165) is 48.6 Å². The van der Waals surface area contributed by atoms with E-state index in [9.17, 15) is 0 Å². The first kappa shape index (κ1) is 21.9. The number of allylic oxidation sites excluding steroid dienone is 1. The van der Waals surface area contributed by atoms with E-state index in [4.69, 9.17) is 14.2 Å². The topological polar surface area (TPSA) is 52.6 Å². The van der Waals surface area contributed by atoms with Gasteiger partial charge in [-0.25, -0.2) is 4.98 Å². The van der Waals surface area contributed by atoms with Gasteiger partial charge in [-0.2, -0.15) is 0 Å². The van der Waals surface area contributed by atoms with Crippen LogP contribution < -0.4 is 19.5 Å². The molecule has 32 heavy (non-hydrogen) atoms. The van der Waals surface area contributed by atoms with Crippen LogP contribution in [0.15, 0.2) is 60.8 Å². The zero-order chi connectivity index (χ0) is 22.3. The first-order valence-electron chi connectivity index (χ1n) is 11.1. The summed E-state index contributed by atoms with van der Waals surface area (Å²) in [5, 5.41) is 3.08. The zero-order valence-electron chi connectivity index (χ0n) is 19.0. The van der Waals surface area contributed by atoms with Crippen LogP contribution in [0.3, 0.4) is 0 Å². The molecule has 0 bridgehead atoms. The number of ether oxygens (including phenoxy) is 3. The fourth-order valence-electron chi connectivity index (χ4n) is 4.04. The largest absolute Gasteiger partial charge is 0.497 e. The Morgan fingerprint density at radius 1 is 1.03 bits per heavy atom. The van der Waals surface area contributed by atoms with Crippen molar-refractivity contribution < 1.29 is 14.2 Å². The Labute approximate surface area is 190 Å². The van der Waals surface area contributed by atoms with Crippen LogP contribution in [0, 0.1) is 0 Å². The Morgan fingerprint density at radius 3 is 2.50 bits per heavy atom. The normalized spacial score (nSPS) is 13.2. The molecule has 2 heterocycles. The van der Waals surface area contributed by atoms with Gasteiger partial charge in [0.2, 0.25) is 5.88 Å². The van der Waals surface area contributed by atoms with Crippen molar-refractivity contribution in [3.63, 3.8) is 0 Å². The quantitative estimate of drug-likeness (QED) is 0.383. The van der Waals surface area contributed by atoms with Crippen molar-refractivity contribution in [2.24, 2.45) is 0 Å². The molecule has 0 unspecified atom stereocenters. The van der Waals surface area contributed by atoms with E-state index in [-0.39, 0.29) is 0 Å². The van der Waals surface area contributed by atoms with Crippen LogP contribution in [-0.2, 0) is 6.42 Å². The van der Waals surface area contributed by atoms with Crippen LogP contribution in [0.1, 0.15) is 35.6 Å². The number of rotatable bonds is 9. The lowest BCUT2D eigenvalue weighted by Crippen LogP contribution is -2.16. The van der Waals surface area contributed by atoms with Gasteiger partial charge >= 0.3 is 0 Å². The van der Waals surface area contributed by atoms with E-state index in [1.54, 1.807) is 7.11 Å². The summed E-state index contributed by atoms with van der Waals surface area (Å²) in [7, 11) is 3.59. The van der Waals surface area contributed by atoms with Gasteiger partial charge in [-0.05, 0) is 71.6 Å². The first-order chi connectivity index (χ1) is 15.7. The van der Waals surface area contributed by atoms with Crippen molar-refractivity contribution >= 4 is 11.1 Å². The standard InChI is InChI=1S/C27H30N2O3/c1-4-24(20-7-11-25-21(17-20)13-15-31-25)27(19-5-9-23(30-3)10-6-19)22-8-12-26(29-18-22)32-16-14-28-2/h5-12,17-18,28H,4,13-16H2,1-3H3/b27-24-. The molecule has 0 saturated carbocycles. The smallest absolute Gasteiger partial charge is 0.213 e. The number of nitrogens with one attached hydrogen (secondary N) is 1. The number of pyridine rings is 1. The molecule has 2 aromatic carbocycles. The molecular weight excluding hydrogens is 400 g/mol. The number of nitrogens with zero attached hydrogens (tertiary/aromatic N) is 1. The van der Waals surface area contributed by atoms with Gasteiger partial charge in [0.15, 0.2) is 0 Å². The van der Waals surface area contributed by atoms with Crippen LogP contribution in [0.25, 0.3) is 11.1 Å². The first-order valence-corrected chi connectivity index (χ1v) is 11.1. The van der Waals surface area contributed by atoms with Crippen molar-refractivity contribution in [3.05, 3.63) is 83.0 Å². The molecule has 1 N–H and O–H groups in total. The molecule has 1 aliphatic heterocycles. The Hall–Kier alpha value is -3.31. The second kappa shape index (κ2) is 10.3. The molecule has 5 nitrogen and oxygen atoms in total. The minimum absolute atomic E-state index is 0.585. The van der Waals surface area contributed by atoms with Crippen molar-refractivity contribution in [1.29, 1.82) is 0 Å². The molecule has 4 rings (SSSR count). The Balaban J connectivity index is 1.79. The summed E-state index contributed by atoms with van der Waals surface area (Å²) >= 11 is 0. The van der Waals surface area contributed by atoms with Gasteiger partial charge in [0.1, 0.15) is 18.1 Å². The highest BCUT2D eigenvalue weighted by molar-refractivity contribution is 5.98. The van der Waals surface area contributed by atoms with E-state index in [1.165, 1.54) is 22.3 Å². The predicted octanol–water partition coefficient (Wildman–Crippen LogP) is 4.99. The number of methoxy groups -OCH3 is 1. The molecule has 0 spiro atoms. The Kier molecular flexibility index (Phi) is 7.07. The number of fused-ring (bicyclic) bond motifs is 1. The number of likely N-dealkylation sites (N-methyl/N-ethyl adjacent to an activating group) is 1. The lowest BCUT2D eigenvalue weighted by molar-refractivity contribution is 0.306. The van der Waals surface area contributed by atoms with E-state index in [0.29, 0.717) is 12.5 Å². The molecule has 0 amide bonds. The number of hydrogen-bond donors (Lipinski definition) is 1. The molecule has 166 valence electrons. The van der Waals surface area contributed by atoms with Gasteiger partial charge < -0.3 is 19.5 Å². The maximum atomic E-state index is 5.72. The van der Waals surface area contributed by atoms with Crippen LogP contribution in [0.4, 0.5) is 0 Å². The summed E-state index contributed by atoms with van der Waals surface area (Å²) in [6.07, 6.45) is 3.75. The molecular formula is C27H30N2O3. The fraction of sp³-hybridized carbons (Fsp3) is 0.296. The second-order valence-electron chi connectivity index (χ2n) is 7.69. The van der Waals surface area contributed by atoms with Gasteiger partial charge in [0, 0.05) is 30.8 Å². The highest BCUT2D eigenvalue weighted by Crippen LogP contribution is 2.37. The number of benzene rings is 2. The third-order valence-electron chi connectivity index (χ3n) is 5.70. The van der Waals surface area contributed by atoms with Gasteiger partial charge in [-0.1, -0.05) is 25.1 Å². The zero-order valence-corrected chi connectivity index (χ0v) is 19.0. The molecule has 0 atom stereocenters. The second-order valence-corrected chi connectivity index (χ2v) is 7.69. The van der Waals surface area contributed by atoms with E-state index < -0.39 is 0 Å². The summed E-state index contributed by atoms with van der Waals surface area (Å²) < 4.78 is 16.8. The summed E-state index contributed by atoms with van der Waals surface area (Å²) in [6, 6.07) is 18.8. The molecule has 1 aliphatic rings. The van der Waals surface area contributed by atoms with Gasteiger partial charge in [-0.15, -0.1) is 0 Å². The highest BCUT2D eigenvalue weighted by Gasteiger charge is 2.17. The van der Waals surface area contributed by atoms with E-state index in [1.807, 2.05) is 31.4 Å². The van der Waals surface area contributed by atoms with Crippen molar-refractivity contribution in [1.82, 2.24) is 10.3 Å².